The van der Waals surface area contributed by atoms with E-state index in [2.05, 4.69) is 45.4 Å². The predicted molar refractivity (Wildman–Crippen MR) is 132 cm³/mol. The number of nitrogens with one attached hydrogen (secondary N) is 1. The monoisotopic (exact) mass is 447 g/mol. The number of aryl methyl sites for hydroxylation is 2. The normalized spacial score (nSPS) is 26.4. The maximum absolute atomic E-state index is 13.7. The Morgan fingerprint density at radius 1 is 1.00 bits per heavy atom. The average Bonchev–Trinajstić information content (AvgIpc) is 3.37. The van der Waals surface area contributed by atoms with E-state index in [0.717, 1.165) is 68.9 Å². The van der Waals surface area contributed by atoms with Crippen molar-refractivity contribution in [3.05, 3.63) is 70.8 Å². The molecule has 3 aliphatic rings. The van der Waals surface area contributed by atoms with Crippen molar-refractivity contribution in [1.29, 1.82) is 0 Å². The Labute approximate surface area is 198 Å². The fraction of sp³-hybridized carbons (Fsp3) is 0.536. The van der Waals surface area contributed by atoms with Crippen molar-refractivity contribution in [3.8, 4) is 0 Å². The maximum atomic E-state index is 13.7. The zero-order valence-electron chi connectivity index (χ0n) is 20.1. The van der Waals surface area contributed by atoms with E-state index in [4.69, 9.17) is 4.74 Å². The zero-order chi connectivity index (χ0) is 22.8. The van der Waals surface area contributed by atoms with Crippen LogP contribution in [0.3, 0.4) is 0 Å². The summed E-state index contributed by atoms with van der Waals surface area (Å²) in [6.07, 6.45) is 4.75. The summed E-state index contributed by atoms with van der Waals surface area (Å²) < 4.78 is 5.54. The number of carbonyl (C=O) groups excluding carboxylic acids is 1. The molecular weight excluding hydrogens is 410 g/mol. The summed E-state index contributed by atoms with van der Waals surface area (Å²) in [5, 5.41) is 3.55. The van der Waals surface area contributed by atoms with Gasteiger partial charge in [-0.3, -0.25) is 14.6 Å². The summed E-state index contributed by atoms with van der Waals surface area (Å²) in [6.45, 7) is 9.94. The molecule has 5 rings (SSSR count). The molecule has 0 unspecified atom stereocenters. The van der Waals surface area contributed by atoms with Gasteiger partial charge in [0.2, 0.25) is 0 Å². The summed E-state index contributed by atoms with van der Waals surface area (Å²) in [4.78, 5) is 18.9. The van der Waals surface area contributed by atoms with E-state index < -0.39 is 0 Å². The molecule has 3 saturated heterocycles. The smallest absolute Gasteiger partial charge is 0.252 e. The van der Waals surface area contributed by atoms with Gasteiger partial charge >= 0.3 is 0 Å². The second kappa shape index (κ2) is 9.57. The van der Waals surface area contributed by atoms with Gasteiger partial charge < -0.3 is 10.1 Å². The lowest BCUT2D eigenvalue weighted by Gasteiger charge is -2.43. The number of fused-ring (bicyclic) bond motifs is 2. The SMILES string of the molecule is Cc1cccc(C)c1C(=O)N[C@H](c1ccccc1)C12CCC(CC1)N2CCN1CCOCC1. The molecule has 3 aliphatic heterocycles. The van der Waals surface area contributed by atoms with Crippen LogP contribution in [0, 0.1) is 13.8 Å². The lowest BCUT2D eigenvalue weighted by Crippen LogP contribution is -2.54. The summed E-state index contributed by atoms with van der Waals surface area (Å²) in [5.41, 5.74) is 4.11. The highest BCUT2D eigenvalue weighted by Crippen LogP contribution is 2.52. The molecule has 3 heterocycles. The molecule has 3 fully saturated rings. The summed E-state index contributed by atoms with van der Waals surface area (Å²) in [5.74, 6) is 0.0531. The summed E-state index contributed by atoms with van der Waals surface area (Å²) in [7, 11) is 0. The third-order valence-corrected chi connectivity index (χ3v) is 8.25. The first-order chi connectivity index (χ1) is 16.1. The number of ether oxygens (including phenoxy) is 1. The van der Waals surface area contributed by atoms with Crippen LogP contribution in [0.5, 0.6) is 0 Å². The van der Waals surface area contributed by atoms with Crippen molar-refractivity contribution in [2.45, 2.75) is 57.2 Å². The maximum Gasteiger partial charge on any atom is 0.252 e. The van der Waals surface area contributed by atoms with Crippen molar-refractivity contribution >= 4 is 5.91 Å². The second-order valence-corrected chi connectivity index (χ2v) is 10.1. The Hall–Kier alpha value is -2.21. The number of benzene rings is 2. The zero-order valence-corrected chi connectivity index (χ0v) is 20.1. The molecular formula is C28H37N3O2. The van der Waals surface area contributed by atoms with E-state index in [9.17, 15) is 4.79 Å². The minimum atomic E-state index is -0.0117. The largest absolute Gasteiger partial charge is 0.379 e. The molecule has 0 aromatic heterocycles. The molecule has 2 bridgehead atoms. The Morgan fingerprint density at radius 3 is 2.33 bits per heavy atom. The number of amides is 1. The second-order valence-electron chi connectivity index (χ2n) is 10.1. The molecule has 0 saturated carbocycles. The van der Waals surface area contributed by atoms with Crippen molar-refractivity contribution in [1.82, 2.24) is 15.1 Å². The number of hydrogen-bond donors (Lipinski definition) is 1. The fourth-order valence-electron chi connectivity index (χ4n) is 6.55. The Morgan fingerprint density at radius 2 is 1.67 bits per heavy atom. The Kier molecular flexibility index (Phi) is 6.55. The van der Waals surface area contributed by atoms with Crippen LogP contribution in [-0.2, 0) is 4.74 Å². The van der Waals surface area contributed by atoms with E-state index >= 15 is 0 Å². The van der Waals surface area contributed by atoms with Crippen LogP contribution in [0.2, 0.25) is 0 Å². The first-order valence-electron chi connectivity index (χ1n) is 12.6. The van der Waals surface area contributed by atoms with Gasteiger partial charge in [-0.05, 0) is 56.2 Å². The minimum Gasteiger partial charge on any atom is -0.379 e. The van der Waals surface area contributed by atoms with Gasteiger partial charge in [0.05, 0.1) is 19.3 Å². The van der Waals surface area contributed by atoms with Gasteiger partial charge in [0.25, 0.3) is 5.91 Å². The van der Waals surface area contributed by atoms with Gasteiger partial charge in [0.15, 0.2) is 0 Å². The molecule has 1 N–H and O–H groups in total. The van der Waals surface area contributed by atoms with Gasteiger partial charge in [0.1, 0.15) is 0 Å². The highest BCUT2D eigenvalue weighted by atomic mass is 16.5. The third-order valence-electron chi connectivity index (χ3n) is 8.25. The highest BCUT2D eigenvalue weighted by molar-refractivity contribution is 5.97. The lowest BCUT2D eigenvalue weighted by atomic mass is 9.78. The van der Waals surface area contributed by atoms with E-state index in [1.807, 2.05) is 32.0 Å². The van der Waals surface area contributed by atoms with Crippen LogP contribution in [-0.4, -0.2) is 66.7 Å². The van der Waals surface area contributed by atoms with Crippen molar-refractivity contribution in [2.24, 2.45) is 0 Å². The number of hydrogen-bond acceptors (Lipinski definition) is 4. The predicted octanol–water partition coefficient (Wildman–Crippen LogP) is 4.10. The molecule has 0 radical (unpaired) electrons. The van der Waals surface area contributed by atoms with Crippen LogP contribution >= 0.6 is 0 Å². The Bertz CT molecular complexity index is 942. The number of morpholine rings is 1. The molecule has 2 aromatic rings. The number of rotatable bonds is 7. The molecule has 5 nitrogen and oxygen atoms in total. The van der Waals surface area contributed by atoms with E-state index in [1.54, 1.807) is 0 Å². The highest BCUT2D eigenvalue weighted by Gasteiger charge is 2.56. The molecule has 176 valence electrons. The Balaban J connectivity index is 1.43. The standard InChI is InChI=1S/C28H37N3O2/c1-21-7-6-8-22(2)25(21)27(32)29-26(23-9-4-3-5-10-23)28-13-11-24(12-14-28)31(28)16-15-30-17-19-33-20-18-30/h3-10,24,26H,11-20H2,1-2H3,(H,29,32)/t24?,26-,28?/m1/s1. The van der Waals surface area contributed by atoms with Crippen LogP contribution in [0.1, 0.15) is 58.8 Å². The summed E-state index contributed by atoms with van der Waals surface area (Å²) in [6, 6.07) is 17.4. The van der Waals surface area contributed by atoms with Crippen LogP contribution < -0.4 is 5.32 Å². The van der Waals surface area contributed by atoms with Crippen molar-refractivity contribution in [2.75, 3.05) is 39.4 Å². The minimum absolute atomic E-state index is 0.00937. The molecule has 0 spiro atoms. The molecule has 2 aromatic carbocycles. The average molecular weight is 448 g/mol. The van der Waals surface area contributed by atoms with Gasteiger partial charge in [-0.2, -0.15) is 0 Å². The first-order valence-corrected chi connectivity index (χ1v) is 12.6. The van der Waals surface area contributed by atoms with E-state index in [-0.39, 0.29) is 17.5 Å². The summed E-state index contributed by atoms with van der Waals surface area (Å²) >= 11 is 0. The first kappa shape index (κ1) is 22.6. The quantitative estimate of drug-likeness (QED) is 0.694. The van der Waals surface area contributed by atoms with Crippen LogP contribution in [0.15, 0.2) is 48.5 Å². The van der Waals surface area contributed by atoms with Gasteiger partial charge in [-0.15, -0.1) is 0 Å². The van der Waals surface area contributed by atoms with E-state index in [0.29, 0.717) is 6.04 Å². The fourth-order valence-corrected chi connectivity index (χ4v) is 6.55. The van der Waals surface area contributed by atoms with E-state index in [1.165, 1.54) is 18.4 Å². The lowest BCUT2D eigenvalue weighted by molar-refractivity contribution is 0.0244. The van der Waals surface area contributed by atoms with Crippen LogP contribution in [0.25, 0.3) is 0 Å². The molecule has 33 heavy (non-hydrogen) atoms. The topological polar surface area (TPSA) is 44.8 Å². The molecule has 0 aliphatic carbocycles. The van der Waals surface area contributed by atoms with Gasteiger partial charge in [0, 0.05) is 43.3 Å². The van der Waals surface area contributed by atoms with Crippen molar-refractivity contribution < 1.29 is 9.53 Å². The van der Waals surface area contributed by atoms with Gasteiger partial charge in [-0.1, -0.05) is 48.5 Å². The molecule has 1 atom stereocenters. The third kappa shape index (κ3) is 4.34. The van der Waals surface area contributed by atoms with Crippen molar-refractivity contribution in [3.63, 3.8) is 0 Å². The van der Waals surface area contributed by atoms with Gasteiger partial charge in [-0.25, -0.2) is 0 Å². The van der Waals surface area contributed by atoms with Crippen LogP contribution in [0.4, 0.5) is 0 Å². The number of nitrogens with zero attached hydrogens (tertiary/aromatic N) is 2. The molecule has 1 amide bonds. The number of carbonyl (C=O) groups is 1. The molecule has 5 heteroatoms.